The molecule has 114 valence electrons. The van der Waals surface area contributed by atoms with Gasteiger partial charge in [0.05, 0.1) is 0 Å². The maximum atomic E-state index is 12.2. The van der Waals surface area contributed by atoms with Gasteiger partial charge in [0.15, 0.2) is 0 Å². The molecule has 0 aliphatic heterocycles. The lowest BCUT2D eigenvalue weighted by atomic mass is 10.1. The monoisotopic (exact) mass is 289 g/mol. The van der Waals surface area contributed by atoms with Crippen molar-refractivity contribution in [2.75, 3.05) is 0 Å². The van der Waals surface area contributed by atoms with Crippen LogP contribution in [0.1, 0.15) is 38.8 Å². The Labute approximate surface area is 118 Å². The molecule has 0 fully saturated rings. The highest BCUT2D eigenvalue weighted by molar-refractivity contribution is 5.36. The van der Waals surface area contributed by atoms with Crippen LogP contribution in [0.15, 0.2) is 18.2 Å². The number of aryl methyl sites for hydroxylation is 1. The summed E-state index contributed by atoms with van der Waals surface area (Å²) in [5.41, 5.74) is 1.48. The van der Waals surface area contributed by atoms with Crippen molar-refractivity contribution in [1.29, 1.82) is 0 Å². The summed E-state index contributed by atoms with van der Waals surface area (Å²) in [4.78, 5) is 2.28. The van der Waals surface area contributed by atoms with Gasteiger partial charge in [0, 0.05) is 18.6 Å². The molecule has 0 bridgehead atoms. The molecule has 5 heteroatoms. The van der Waals surface area contributed by atoms with E-state index in [4.69, 9.17) is 0 Å². The fraction of sp³-hybridized carbons (Fsp3) is 0.600. The largest absolute Gasteiger partial charge is 0.573 e. The molecule has 1 rings (SSSR count). The number of alkyl halides is 3. The van der Waals surface area contributed by atoms with Crippen molar-refractivity contribution in [1.82, 2.24) is 4.90 Å². The number of benzene rings is 1. The van der Waals surface area contributed by atoms with Gasteiger partial charge in [-0.15, -0.1) is 13.2 Å². The van der Waals surface area contributed by atoms with Crippen LogP contribution in [0.3, 0.4) is 0 Å². The summed E-state index contributed by atoms with van der Waals surface area (Å²) in [6.45, 7) is 10.8. The van der Waals surface area contributed by atoms with Crippen LogP contribution in [0.4, 0.5) is 13.2 Å². The second kappa shape index (κ2) is 6.48. The van der Waals surface area contributed by atoms with E-state index in [0.717, 1.165) is 5.56 Å². The summed E-state index contributed by atoms with van der Waals surface area (Å²) in [5, 5.41) is 0. The third-order valence-electron chi connectivity index (χ3n) is 3.16. The molecule has 20 heavy (non-hydrogen) atoms. The molecule has 0 spiro atoms. The van der Waals surface area contributed by atoms with Crippen LogP contribution in [0, 0.1) is 6.92 Å². The highest BCUT2D eigenvalue weighted by atomic mass is 19.4. The second-order valence-corrected chi connectivity index (χ2v) is 5.51. The number of hydrogen-bond acceptors (Lipinski definition) is 2. The zero-order valence-electron chi connectivity index (χ0n) is 12.6. The molecule has 0 atom stereocenters. The predicted octanol–water partition coefficient (Wildman–Crippen LogP) is 4.51. The minimum absolute atomic E-state index is 0.137. The standard InChI is InChI=1S/C15H22F3NO/c1-10(2)19(11(3)4)9-13-6-7-14(12(5)8-13)20-15(16,17)18/h6-8,10-11H,9H2,1-5H3. The van der Waals surface area contributed by atoms with E-state index in [1.165, 1.54) is 6.07 Å². The van der Waals surface area contributed by atoms with Gasteiger partial charge < -0.3 is 4.74 Å². The maximum absolute atomic E-state index is 12.2. The topological polar surface area (TPSA) is 12.5 Å². The molecular weight excluding hydrogens is 267 g/mol. The SMILES string of the molecule is Cc1cc(CN(C(C)C)C(C)C)ccc1OC(F)(F)F. The molecule has 0 radical (unpaired) electrons. The molecule has 0 aliphatic rings. The van der Waals surface area contributed by atoms with Crippen molar-refractivity contribution in [2.24, 2.45) is 0 Å². The van der Waals surface area contributed by atoms with Gasteiger partial charge >= 0.3 is 6.36 Å². The first-order chi connectivity index (χ1) is 9.10. The van der Waals surface area contributed by atoms with Crippen LogP contribution < -0.4 is 4.74 Å². The Morgan fingerprint density at radius 1 is 1.10 bits per heavy atom. The molecule has 2 nitrogen and oxygen atoms in total. The number of ether oxygens (including phenoxy) is 1. The molecule has 0 N–H and O–H groups in total. The molecule has 0 aromatic heterocycles. The third-order valence-corrected chi connectivity index (χ3v) is 3.16. The van der Waals surface area contributed by atoms with Gasteiger partial charge in [-0.1, -0.05) is 12.1 Å². The Balaban J connectivity index is 2.87. The van der Waals surface area contributed by atoms with Crippen LogP contribution in [-0.2, 0) is 6.54 Å². The summed E-state index contributed by atoms with van der Waals surface area (Å²) in [6.07, 6.45) is -4.64. The molecular formula is C15H22F3NO. The Kier molecular flexibility index (Phi) is 5.45. The summed E-state index contributed by atoms with van der Waals surface area (Å²) >= 11 is 0. The lowest BCUT2D eigenvalue weighted by Crippen LogP contribution is -2.36. The number of nitrogens with zero attached hydrogens (tertiary/aromatic N) is 1. The minimum atomic E-state index is -4.64. The molecule has 1 aromatic rings. The van der Waals surface area contributed by atoms with Crippen molar-refractivity contribution in [3.8, 4) is 5.75 Å². The lowest BCUT2D eigenvalue weighted by Gasteiger charge is -2.30. The highest BCUT2D eigenvalue weighted by Gasteiger charge is 2.31. The summed E-state index contributed by atoms with van der Waals surface area (Å²) in [6, 6.07) is 5.57. The normalized spacial score (nSPS) is 12.6. The second-order valence-electron chi connectivity index (χ2n) is 5.51. The molecule has 0 unspecified atom stereocenters. The van der Waals surface area contributed by atoms with E-state index in [-0.39, 0.29) is 5.75 Å². The summed E-state index contributed by atoms with van der Waals surface area (Å²) < 4.78 is 40.6. The van der Waals surface area contributed by atoms with Crippen LogP contribution in [0.5, 0.6) is 5.75 Å². The van der Waals surface area contributed by atoms with Gasteiger partial charge in [-0.05, 0) is 51.8 Å². The summed E-state index contributed by atoms with van der Waals surface area (Å²) in [5.74, 6) is -0.137. The van der Waals surface area contributed by atoms with Gasteiger partial charge in [-0.25, -0.2) is 0 Å². The van der Waals surface area contributed by atoms with Crippen molar-refractivity contribution >= 4 is 0 Å². The van der Waals surface area contributed by atoms with Gasteiger partial charge in [-0.2, -0.15) is 0 Å². The van der Waals surface area contributed by atoms with Crippen molar-refractivity contribution in [3.05, 3.63) is 29.3 Å². The minimum Gasteiger partial charge on any atom is -0.406 e. The highest BCUT2D eigenvalue weighted by Crippen LogP contribution is 2.27. The maximum Gasteiger partial charge on any atom is 0.573 e. The number of halogens is 3. The van der Waals surface area contributed by atoms with Gasteiger partial charge in [0.1, 0.15) is 5.75 Å². The molecule has 1 aromatic carbocycles. The molecule has 0 heterocycles. The molecule has 0 amide bonds. The van der Waals surface area contributed by atoms with Crippen LogP contribution >= 0.6 is 0 Å². The zero-order chi connectivity index (χ0) is 15.5. The third kappa shape index (κ3) is 5.04. The smallest absolute Gasteiger partial charge is 0.406 e. The van der Waals surface area contributed by atoms with Crippen LogP contribution in [0.2, 0.25) is 0 Å². The van der Waals surface area contributed by atoms with E-state index in [0.29, 0.717) is 24.2 Å². The van der Waals surface area contributed by atoms with E-state index in [9.17, 15) is 13.2 Å². The first-order valence-corrected chi connectivity index (χ1v) is 6.71. The van der Waals surface area contributed by atoms with Crippen LogP contribution in [0.25, 0.3) is 0 Å². The van der Waals surface area contributed by atoms with Gasteiger partial charge in [-0.3, -0.25) is 4.90 Å². The fourth-order valence-electron chi connectivity index (χ4n) is 2.22. The van der Waals surface area contributed by atoms with Crippen molar-refractivity contribution < 1.29 is 17.9 Å². The zero-order valence-corrected chi connectivity index (χ0v) is 12.6. The molecule has 0 saturated heterocycles. The van der Waals surface area contributed by atoms with Crippen molar-refractivity contribution in [2.45, 2.75) is 59.6 Å². The Bertz CT molecular complexity index is 433. The first kappa shape index (κ1) is 16.8. The average molecular weight is 289 g/mol. The van der Waals surface area contributed by atoms with Gasteiger partial charge in [0.25, 0.3) is 0 Å². The van der Waals surface area contributed by atoms with Gasteiger partial charge in [0.2, 0.25) is 0 Å². The summed E-state index contributed by atoms with van der Waals surface area (Å²) in [7, 11) is 0. The number of rotatable bonds is 5. The van der Waals surface area contributed by atoms with Crippen molar-refractivity contribution in [3.63, 3.8) is 0 Å². The Morgan fingerprint density at radius 2 is 1.65 bits per heavy atom. The first-order valence-electron chi connectivity index (χ1n) is 6.71. The van der Waals surface area contributed by atoms with E-state index in [1.807, 2.05) is 0 Å². The Hall–Kier alpha value is -1.23. The number of hydrogen-bond donors (Lipinski definition) is 0. The van der Waals surface area contributed by atoms with E-state index in [2.05, 4.69) is 37.3 Å². The predicted molar refractivity (Wildman–Crippen MR) is 73.7 cm³/mol. The fourth-order valence-corrected chi connectivity index (χ4v) is 2.22. The van der Waals surface area contributed by atoms with E-state index in [1.54, 1.807) is 19.1 Å². The van der Waals surface area contributed by atoms with E-state index < -0.39 is 6.36 Å². The molecule has 0 saturated carbocycles. The Morgan fingerprint density at radius 3 is 2.05 bits per heavy atom. The average Bonchev–Trinajstić information content (AvgIpc) is 2.26. The van der Waals surface area contributed by atoms with Crippen LogP contribution in [-0.4, -0.2) is 23.3 Å². The van der Waals surface area contributed by atoms with E-state index >= 15 is 0 Å². The quantitative estimate of drug-likeness (QED) is 0.790. The lowest BCUT2D eigenvalue weighted by molar-refractivity contribution is -0.274. The molecule has 0 aliphatic carbocycles.